The third-order valence-corrected chi connectivity index (χ3v) is 3.91. The van der Waals surface area contributed by atoms with Crippen LogP contribution in [-0.2, 0) is 0 Å². The van der Waals surface area contributed by atoms with Crippen LogP contribution in [0.15, 0.2) is 58.4 Å². The summed E-state index contributed by atoms with van der Waals surface area (Å²) in [5.41, 5.74) is 1.58. The normalized spacial score (nSPS) is 18.1. The van der Waals surface area contributed by atoms with Crippen molar-refractivity contribution in [2.75, 3.05) is 6.54 Å². The maximum Gasteiger partial charge on any atom is 0.166 e. The lowest BCUT2D eigenvalue weighted by Gasteiger charge is -2.00. The first-order valence-corrected chi connectivity index (χ1v) is 7.30. The van der Waals surface area contributed by atoms with Crippen LogP contribution in [0.1, 0.15) is 5.56 Å². The van der Waals surface area contributed by atoms with Crippen molar-refractivity contribution < 1.29 is 10.2 Å². The lowest BCUT2D eigenvalue weighted by atomic mass is 10.2. The summed E-state index contributed by atoms with van der Waals surface area (Å²) < 4.78 is 0. The van der Waals surface area contributed by atoms with Gasteiger partial charge >= 0.3 is 0 Å². The highest BCUT2D eigenvalue weighted by molar-refractivity contribution is 8.17. The molecule has 5 heteroatoms. The molecule has 0 amide bonds. The van der Waals surface area contributed by atoms with Gasteiger partial charge in [-0.1, -0.05) is 30.0 Å². The van der Waals surface area contributed by atoms with Crippen LogP contribution in [0, 0.1) is 0 Å². The van der Waals surface area contributed by atoms with Crippen molar-refractivity contribution in [1.29, 1.82) is 0 Å². The van der Waals surface area contributed by atoms with Crippen molar-refractivity contribution in [1.82, 2.24) is 5.32 Å². The van der Waals surface area contributed by atoms with E-state index in [-0.39, 0.29) is 11.5 Å². The molecule has 0 bridgehead atoms. The van der Waals surface area contributed by atoms with E-state index in [1.807, 2.05) is 36.4 Å². The van der Waals surface area contributed by atoms with Crippen LogP contribution in [-0.4, -0.2) is 21.9 Å². The highest BCUT2D eigenvalue weighted by Crippen LogP contribution is 2.30. The molecule has 2 aromatic carbocycles. The number of nitrogens with one attached hydrogen (secondary N) is 1. The summed E-state index contributed by atoms with van der Waals surface area (Å²) in [5, 5.41) is 23.1. The number of nitrogens with zero attached hydrogens (tertiary/aromatic N) is 1. The molecule has 1 aliphatic heterocycles. The highest BCUT2D eigenvalue weighted by atomic mass is 32.2. The number of thioether (sulfide) groups is 1. The first-order chi connectivity index (χ1) is 10.2. The molecular formula is C16H14N2O2S. The molecule has 0 saturated carbocycles. The number of para-hydroxylation sites is 1. The number of aromatic hydroxyl groups is 2. The van der Waals surface area contributed by atoms with E-state index < -0.39 is 0 Å². The number of benzene rings is 2. The third kappa shape index (κ3) is 3.38. The Morgan fingerprint density at radius 3 is 2.67 bits per heavy atom. The molecule has 3 N–H and O–H groups in total. The summed E-state index contributed by atoms with van der Waals surface area (Å²) in [7, 11) is 0. The molecule has 3 rings (SSSR count). The van der Waals surface area contributed by atoms with E-state index in [1.54, 1.807) is 12.1 Å². The van der Waals surface area contributed by atoms with Crippen molar-refractivity contribution >= 4 is 28.7 Å². The molecule has 106 valence electrons. The van der Waals surface area contributed by atoms with Gasteiger partial charge < -0.3 is 15.5 Å². The molecule has 1 saturated heterocycles. The zero-order chi connectivity index (χ0) is 14.7. The van der Waals surface area contributed by atoms with Gasteiger partial charge in [0.25, 0.3) is 0 Å². The summed E-state index contributed by atoms with van der Waals surface area (Å²) in [5.74, 6) is 0.120. The van der Waals surface area contributed by atoms with Gasteiger partial charge in [-0.25, -0.2) is 4.99 Å². The van der Waals surface area contributed by atoms with Crippen LogP contribution >= 0.6 is 11.8 Å². The zero-order valence-corrected chi connectivity index (χ0v) is 12.0. The fourth-order valence-corrected chi connectivity index (χ4v) is 2.82. The first kappa shape index (κ1) is 13.6. The van der Waals surface area contributed by atoms with Crippen molar-refractivity contribution in [2.45, 2.75) is 0 Å². The van der Waals surface area contributed by atoms with Crippen molar-refractivity contribution in [2.24, 2.45) is 4.99 Å². The second-order valence-electron chi connectivity index (χ2n) is 4.56. The molecule has 1 fully saturated rings. The van der Waals surface area contributed by atoms with Gasteiger partial charge in [0.05, 0.1) is 5.69 Å². The van der Waals surface area contributed by atoms with E-state index in [4.69, 9.17) is 0 Å². The average molecular weight is 298 g/mol. The molecule has 1 heterocycles. The molecule has 0 atom stereocenters. The average Bonchev–Trinajstić information content (AvgIpc) is 2.90. The zero-order valence-electron chi connectivity index (χ0n) is 11.2. The third-order valence-electron chi connectivity index (χ3n) is 2.96. The molecule has 0 aliphatic carbocycles. The second-order valence-corrected chi connectivity index (χ2v) is 5.68. The summed E-state index contributed by atoms with van der Waals surface area (Å²) in [6, 6.07) is 14.3. The van der Waals surface area contributed by atoms with Crippen molar-refractivity contribution in [3.05, 3.63) is 59.0 Å². The summed E-state index contributed by atoms with van der Waals surface area (Å²) >= 11 is 1.54. The number of hydrogen-bond donors (Lipinski definition) is 3. The number of rotatable bonds is 2. The molecule has 0 unspecified atom stereocenters. The molecule has 0 aromatic heterocycles. The van der Waals surface area contributed by atoms with E-state index >= 15 is 0 Å². The molecule has 0 spiro atoms. The Morgan fingerprint density at radius 1 is 1.10 bits per heavy atom. The Kier molecular flexibility index (Phi) is 3.83. The number of phenolic OH excluding ortho intramolecular Hbond substituents is 2. The number of phenols is 2. The standard InChI is InChI=1S/C16H14N2O2S/c19-13-7-6-11(15(20)9-13)8-14-10-17-16(21-14)18-12-4-2-1-3-5-12/h1-9,19-20H,10H2,(H,17,18). The Balaban J connectivity index is 1.78. The Morgan fingerprint density at radius 2 is 1.90 bits per heavy atom. The van der Waals surface area contributed by atoms with Gasteiger partial charge in [0.15, 0.2) is 5.17 Å². The lowest BCUT2D eigenvalue weighted by Crippen LogP contribution is -2.12. The maximum absolute atomic E-state index is 9.79. The Bertz CT molecular complexity index is 711. The van der Waals surface area contributed by atoms with Crippen molar-refractivity contribution in [3.63, 3.8) is 0 Å². The van der Waals surface area contributed by atoms with Crippen molar-refractivity contribution in [3.8, 4) is 11.5 Å². The first-order valence-electron chi connectivity index (χ1n) is 6.49. The van der Waals surface area contributed by atoms with E-state index in [9.17, 15) is 10.2 Å². The molecular weight excluding hydrogens is 284 g/mol. The molecule has 0 radical (unpaired) electrons. The molecule has 2 aromatic rings. The molecule has 21 heavy (non-hydrogen) atoms. The fourth-order valence-electron chi connectivity index (χ4n) is 1.95. The molecule has 4 nitrogen and oxygen atoms in total. The van der Waals surface area contributed by atoms with Gasteiger partial charge in [0, 0.05) is 23.1 Å². The summed E-state index contributed by atoms with van der Waals surface area (Å²) in [6.45, 7) is 0.677. The largest absolute Gasteiger partial charge is 0.508 e. The highest BCUT2D eigenvalue weighted by Gasteiger charge is 2.14. The summed E-state index contributed by atoms with van der Waals surface area (Å²) in [4.78, 5) is 5.57. The van der Waals surface area contributed by atoms with Gasteiger partial charge in [0.1, 0.15) is 11.5 Å². The van der Waals surface area contributed by atoms with E-state index in [0.29, 0.717) is 12.1 Å². The molecule has 1 aliphatic rings. The predicted molar refractivity (Wildman–Crippen MR) is 86.9 cm³/mol. The monoisotopic (exact) mass is 298 g/mol. The topological polar surface area (TPSA) is 64.8 Å². The number of amidine groups is 1. The lowest BCUT2D eigenvalue weighted by molar-refractivity contribution is 0.450. The van der Waals surface area contributed by atoms with Crippen LogP contribution in [0.3, 0.4) is 0 Å². The predicted octanol–water partition coefficient (Wildman–Crippen LogP) is 3.46. The van der Waals surface area contributed by atoms with Crippen LogP contribution in [0.25, 0.3) is 6.08 Å². The number of hydrogen-bond acceptors (Lipinski definition) is 4. The fraction of sp³-hybridized carbons (Fsp3) is 0.0625. The van der Waals surface area contributed by atoms with E-state index in [0.717, 1.165) is 15.8 Å². The minimum Gasteiger partial charge on any atom is -0.508 e. The maximum atomic E-state index is 9.79. The minimum atomic E-state index is 0.0539. The van der Waals surface area contributed by atoms with Crippen LogP contribution in [0.5, 0.6) is 11.5 Å². The van der Waals surface area contributed by atoms with Gasteiger partial charge in [-0.15, -0.1) is 0 Å². The summed E-state index contributed by atoms with van der Waals surface area (Å²) in [6.07, 6.45) is 1.89. The minimum absolute atomic E-state index is 0.0539. The van der Waals surface area contributed by atoms with Crippen LogP contribution in [0.4, 0.5) is 5.69 Å². The van der Waals surface area contributed by atoms with Gasteiger partial charge in [0.2, 0.25) is 0 Å². The SMILES string of the molecule is Oc1ccc(C=C2CNC(=Nc3ccccc3)S2)c(O)c1. The number of aliphatic imine (C=N–C) groups is 1. The quantitative estimate of drug-likeness (QED) is 0.794. The van der Waals surface area contributed by atoms with E-state index in [1.165, 1.54) is 17.8 Å². The van der Waals surface area contributed by atoms with Gasteiger partial charge in [-0.05, 0) is 30.3 Å². The second kappa shape index (κ2) is 5.93. The smallest absolute Gasteiger partial charge is 0.166 e. The van der Waals surface area contributed by atoms with Gasteiger partial charge in [-0.3, -0.25) is 0 Å². The van der Waals surface area contributed by atoms with Crippen LogP contribution in [0.2, 0.25) is 0 Å². The Hall–Kier alpha value is -2.40. The van der Waals surface area contributed by atoms with Crippen LogP contribution < -0.4 is 5.32 Å². The van der Waals surface area contributed by atoms with Gasteiger partial charge in [-0.2, -0.15) is 0 Å². The van der Waals surface area contributed by atoms with E-state index in [2.05, 4.69) is 10.3 Å². The Labute approximate surface area is 126 Å².